The molecule has 6 nitrogen and oxygen atoms in total. The first-order chi connectivity index (χ1) is 14.9. The molecule has 0 bridgehead atoms. The van der Waals surface area contributed by atoms with Crippen molar-refractivity contribution in [2.45, 2.75) is 13.8 Å². The van der Waals surface area contributed by atoms with Crippen molar-refractivity contribution in [2.24, 2.45) is 0 Å². The van der Waals surface area contributed by atoms with Gasteiger partial charge in [-0.25, -0.2) is 9.97 Å². The molecule has 2 aromatic heterocycles. The number of rotatable bonds is 5. The van der Waals surface area contributed by atoms with Crippen LogP contribution in [0.15, 0.2) is 53.9 Å². The van der Waals surface area contributed by atoms with Crippen LogP contribution in [-0.4, -0.2) is 21.8 Å². The highest BCUT2D eigenvalue weighted by atomic mass is 35.5. The van der Waals surface area contributed by atoms with Gasteiger partial charge in [0.05, 0.1) is 11.4 Å². The first-order valence-electron chi connectivity index (χ1n) is 9.27. The monoisotopic (exact) mass is 468 g/mol. The molecule has 2 heterocycles. The maximum Gasteiger partial charge on any atom is 0.269 e. The van der Waals surface area contributed by atoms with Crippen molar-refractivity contribution in [3.05, 3.63) is 69.5 Å². The summed E-state index contributed by atoms with van der Waals surface area (Å²) in [6.45, 7) is 3.28. The van der Waals surface area contributed by atoms with E-state index in [4.69, 9.17) is 11.6 Å². The molecule has 0 atom stereocenters. The molecule has 0 saturated carbocycles. The van der Waals surface area contributed by atoms with E-state index in [2.05, 4.69) is 20.6 Å². The van der Waals surface area contributed by atoms with Crippen molar-refractivity contribution < 1.29 is 9.59 Å². The van der Waals surface area contributed by atoms with Gasteiger partial charge in [0.25, 0.3) is 5.91 Å². The Morgan fingerprint density at radius 1 is 0.935 bits per heavy atom. The van der Waals surface area contributed by atoms with Crippen LogP contribution in [-0.2, 0) is 4.79 Å². The van der Waals surface area contributed by atoms with Gasteiger partial charge in [-0.1, -0.05) is 35.9 Å². The molecule has 0 fully saturated rings. The number of anilines is 2. The summed E-state index contributed by atoms with van der Waals surface area (Å²) < 4.78 is 0. The third kappa shape index (κ3) is 4.99. The Morgan fingerprint density at radius 2 is 1.61 bits per heavy atom. The van der Waals surface area contributed by atoms with E-state index >= 15 is 0 Å². The topological polar surface area (TPSA) is 84.0 Å². The van der Waals surface area contributed by atoms with Gasteiger partial charge in [0, 0.05) is 34.1 Å². The van der Waals surface area contributed by atoms with Crippen LogP contribution in [0.4, 0.5) is 10.8 Å². The zero-order valence-corrected chi connectivity index (χ0v) is 19.0. The lowest BCUT2D eigenvalue weighted by molar-refractivity contribution is -0.114. The molecular weight excluding hydrogens is 452 g/mol. The van der Waals surface area contributed by atoms with Gasteiger partial charge in [0.15, 0.2) is 5.13 Å². The molecule has 2 aromatic carbocycles. The number of hydrogen-bond donors (Lipinski definition) is 2. The molecule has 0 spiro atoms. The van der Waals surface area contributed by atoms with Gasteiger partial charge in [-0.15, -0.1) is 22.7 Å². The van der Waals surface area contributed by atoms with Crippen LogP contribution in [0, 0.1) is 6.92 Å². The number of benzene rings is 2. The first-order valence-corrected chi connectivity index (χ1v) is 11.3. The Labute approximate surface area is 192 Å². The number of carbonyl (C=O) groups is 2. The second-order valence-electron chi connectivity index (χ2n) is 6.69. The summed E-state index contributed by atoms with van der Waals surface area (Å²) >= 11 is 8.63. The zero-order chi connectivity index (χ0) is 22.0. The number of hydrogen-bond acceptors (Lipinski definition) is 6. The highest BCUT2D eigenvalue weighted by Crippen LogP contribution is 2.31. The SMILES string of the molecule is CC(=O)Nc1ccc(-c2csc(NC(=O)c3sc(-c4ccc(Cl)cc4)nc3C)n2)cc1. The van der Waals surface area contributed by atoms with Gasteiger partial charge in [0.2, 0.25) is 5.91 Å². The fourth-order valence-electron chi connectivity index (χ4n) is 2.87. The molecule has 31 heavy (non-hydrogen) atoms. The van der Waals surface area contributed by atoms with Crippen molar-refractivity contribution in [3.63, 3.8) is 0 Å². The van der Waals surface area contributed by atoms with Crippen LogP contribution in [0.1, 0.15) is 22.3 Å². The van der Waals surface area contributed by atoms with Crippen molar-refractivity contribution in [2.75, 3.05) is 10.6 Å². The maximum atomic E-state index is 12.8. The molecule has 0 aliphatic carbocycles. The van der Waals surface area contributed by atoms with Crippen molar-refractivity contribution >= 4 is 56.9 Å². The normalized spacial score (nSPS) is 10.7. The Bertz CT molecular complexity index is 1250. The predicted octanol–water partition coefficient (Wildman–Crippen LogP) is 6.11. The third-order valence-corrected chi connectivity index (χ3v) is 6.53. The standard InChI is InChI=1S/C22H17ClN4O2S2/c1-12-19(31-21(24-12)15-3-7-16(23)8-4-15)20(29)27-22-26-18(11-30-22)14-5-9-17(10-6-14)25-13(2)28/h3-11H,1-2H3,(H,25,28)(H,26,27,29). The van der Waals surface area contributed by atoms with E-state index in [1.54, 1.807) is 12.1 Å². The summed E-state index contributed by atoms with van der Waals surface area (Å²) in [6, 6.07) is 14.7. The van der Waals surface area contributed by atoms with Gasteiger partial charge >= 0.3 is 0 Å². The molecule has 4 rings (SSSR count). The number of thiazole rings is 2. The van der Waals surface area contributed by atoms with E-state index in [1.807, 2.05) is 48.7 Å². The van der Waals surface area contributed by atoms with Gasteiger partial charge in [-0.3, -0.25) is 14.9 Å². The maximum absolute atomic E-state index is 12.8. The van der Waals surface area contributed by atoms with E-state index in [9.17, 15) is 9.59 Å². The van der Waals surface area contributed by atoms with Crippen LogP contribution in [0.5, 0.6) is 0 Å². The number of amides is 2. The van der Waals surface area contributed by atoms with Crippen LogP contribution in [0.2, 0.25) is 5.02 Å². The predicted molar refractivity (Wildman–Crippen MR) is 127 cm³/mol. The van der Waals surface area contributed by atoms with Gasteiger partial charge in [-0.05, 0) is 31.2 Å². The summed E-state index contributed by atoms with van der Waals surface area (Å²) in [4.78, 5) is 33.5. The Balaban J connectivity index is 1.48. The minimum absolute atomic E-state index is 0.121. The summed E-state index contributed by atoms with van der Waals surface area (Å²) in [5, 5.41) is 9.39. The Hall–Kier alpha value is -3.07. The fourth-order valence-corrected chi connectivity index (χ4v) is 4.68. The summed E-state index contributed by atoms with van der Waals surface area (Å²) in [5.41, 5.74) is 3.94. The summed E-state index contributed by atoms with van der Waals surface area (Å²) in [5.74, 6) is -0.360. The molecule has 2 amide bonds. The highest BCUT2D eigenvalue weighted by Gasteiger charge is 2.18. The molecule has 156 valence electrons. The number of aryl methyl sites for hydroxylation is 1. The van der Waals surface area contributed by atoms with Crippen molar-refractivity contribution in [3.8, 4) is 21.8 Å². The molecule has 0 radical (unpaired) electrons. The average molecular weight is 469 g/mol. The summed E-state index contributed by atoms with van der Waals surface area (Å²) in [7, 11) is 0. The van der Waals surface area contributed by atoms with Crippen LogP contribution < -0.4 is 10.6 Å². The Morgan fingerprint density at radius 3 is 2.29 bits per heavy atom. The molecule has 2 N–H and O–H groups in total. The number of nitrogens with zero attached hydrogens (tertiary/aromatic N) is 2. The van der Waals surface area contributed by atoms with Gasteiger partial charge in [-0.2, -0.15) is 0 Å². The van der Waals surface area contributed by atoms with E-state index < -0.39 is 0 Å². The van der Waals surface area contributed by atoms with E-state index in [1.165, 1.54) is 29.6 Å². The largest absolute Gasteiger partial charge is 0.326 e. The summed E-state index contributed by atoms with van der Waals surface area (Å²) in [6.07, 6.45) is 0. The molecule has 0 saturated heterocycles. The third-order valence-electron chi connectivity index (χ3n) is 4.32. The molecule has 0 aliphatic rings. The molecular formula is C22H17ClN4O2S2. The van der Waals surface area contributed by atoms with Crippen LogP contribution in [0.25, 0.3) is 21.8 Å². The molecule has 4 aromatic rings. The zero-order valence-electron chi connectivity index (χ0n) is 16.6. The lowest BCUT2D eigenvalue weighted by atomic mass is 10.1. The molecule has 0 unspecified atom stereocenters. The Kier molecular flexibility index (Phi) is 6.13. The minimum atomic E-state index is -0.239. The van der Waals surface area contributed by atoms with Gasteiger partial charge < -0.3 is 5.32 Å². The number of aromatic nitrogens is 2. The van der Waals surface area contributed by atoms with Crippen LogP contribution >= 0.6 is 34.3 Å². The smallest absolute Gasteiger partial charge is 0.269 e. The molecule has 0 aliphatic heterocycles. The second-order valence-corrected chi connectivity index (χ2v) is 8.98. The minimum Gasteiger partial charge on any atom is -0.326 e. The number of nitrogens with one attached hydrogen (secondary N) is 2. The average Bonchev–Trinajstić information content (AvgIpc) is 3.35. The van der Waals surface area contributed by atoms with E-state index in [0.717, 1.165) is 27.5 Å². The fraction of sp³-hybridized carbons (Fsp3) is 0.0909. The van der Waals surface area contributed by atoms with Crippen molar-refractivity contribution in [1.29, 1.82) is 0 Å². The van der Waals surface area contributed by atoms with Gasteiger partial charge in [0.1, 0.15) is 9.88 Å². The number of carbonyl (C=O) groups excluding carboxylic acids is 2. The van der Waals surface area contributed by atoms with E-state index in [0.29, 0.717) is 20.7 Å². The highest BCUT2D eigenvalue weighted by molar-refractivity contribution is 7.17. The lowest BCUT2D eigenvalue weighted by Crippen LogP contribution is -2.11. The van der Waals surface area contributed by atoms with Crippen molar-refractivity contribution in [1.82, 2.24) is 9.97 Å². The van der Waals surface area contributed by atoms with E-state index in [-0.39, 0.29) is 11.8 Å². The number of halogens is 1. The molecule has 9 heteroatoms. The lowest BCUT2D eigenvalue weighted by Gasteiger charge is -2.03. The first kappa shape index (κ1) is 21.2. The van der Waals surface area contributed by atoms with Crippen LogP contribution in [0.3, 0.4) is 0 Å². The second kappa shape index (κ2) is 8.97. The quantitative estimate of drug-likeness (QED) is 0.370.